The van der Waals surface area contributed by atoms with Crippen LogP contribution in [0, 0.1) is 3.57 Å². The lowest BCUT2D eigenvalue weighted by atomic mass is 10.1. The molecule has 1 rings (SSSR count). The Labute approximate surface area is 87.7 Å². The largest absolute Gasteiger partial charge is 0.380 e. The van der Waals surface area contributed by atoms with E-state index in [0.29, 0.717) is 0 Å². The van der Waals surface area contributed by atoms with Gasteiger partial charge in [0.2, 0.25) is 0 Å². The highest BCUT2D eigenvalue weighted by Gasteiger charge is 2.08. The Balaban J connectivity index is 2.77. The van der Waals surface area contributed by atoms with Gasteiger partial charge in [0.1, 0.15) is 0 Å². The molecule has 0 unspecified atom stereocenters. The molecule has 1 N–H and O–H groups in total. The van der Waals surface area contributed by atoms with E-state index in [9.17, 15) is 0 Å². The minimum atomic E-state index is 0.143. The van der Waals surface area contributed by atoms with Gasteiger partial charge in [-0.05, 0) is 61.6 Å². The van der Waals surface area contributed by atoms with Crippen molar-refractivity contribution >= 4 is 28.3 Å². The number of halogens is 1. The average Bonchev–Trinajstić information content (AvgIpc) is 1.82. The van der Waals surface area contributed by atoms with Crippen LogP contribution in [-0.2, 0) is 0 Å². The number of benzene rings is 1. The summed E-state index contributed by atoms with van der Waals surface area (Å²) >= 11 is 2.32. The van der Waals surface area contributed by atoms with Gasteiger partial charge < -0.3 is 5.32 Å². The monoisotopic (exact) mass is 275 g/mol. The van der Waals surface area contributed by atoms with E-state index in [1.165, 1.54) is 9.26 Å². The third kappa shape index (κ3) is 3.43. The SMILES string of the molecule is CC(C)(C)Nc1cccc(I)c1. The second-order valence-electron chi connectivity index (χ2n) is 3.89. The predicted octanol–water partition coefficient (Wildman–Crippen LogP) is 3.50. The topological polar surface area (TPSA) is 12.0 Å². The zero-order valence-electron chi connectivity index (χ0n) is 7.69. The van der Waals surface area contributed by atoms with Gasteiger partial charge in [0.15, 0.2) is 0 Å². The van der Waals surface area contributed by atoms with Crippen LogP contribution >= 0.6 is 22.6 Å². The third-order valence-electron chi connectivity index (χ3n) is 1.34. The van der Waals surface area contributed by atoms with Gasteiger partial charge in [0, 0.05) is 14.8 Å². The lowest BCUT2D eigenvalue weighted by Crippen LogP contribution is -2.25. The summed E-state index contributed by atoms with van der Waals surface area (Å²) in [6.45, 7) is 6.48. The van der Waals surface area contributed by atoms with Crippen molar-refractivity contribution in [3.8, 4) is 0 Å². The smallest absolute Gasteiger partial charge is 0.0354 e. The van der Waals surface area contributed by atoms with Gasteiger partial charge in [-0.15, -0.1) is 0 Å². The summed E-state index contributed by atoms with van der Waals surface area (Å²) in [5, 5.41) is 3.42. The van der Waals surface area contributed by atoms with Crippen molar-refractivity contribution < 1.29 is 0 Å². The lowest BCUT2D eigenvalue weighted by molar-refractivity contribution is 0.634. The van der Waals surface area contributed by atoms with Crippen molar-refractivity contribution in [2.75, 3.05) is 5.32 Å². The summed E-state index contributed by atoms with van der Waals surface area (Å²) in [6.07, 6.45) is 0. The van der Waals surface area contributed by atoms with Crippen LogP contribution in [-0.4, -0.2) is 5.54 Å². The molecule has 0 aromatic heterocycles. The van der Waals surface area contributed by atoms with Crippen molar-refractivity contribution in [1.29, 1.82) is 0 Å². The molecule has 0 atom stereocenters. The van der Waals surface area contributed by atoms with Crippen molar-refractivity contribution in [2.45, 2.75) is 26.3 Å². The van der Waals surface area contributed by atoms with Gasteiger partial charge in [-0.3, -0.25) is 0 Å². The molecule has 0 amide bonds. The highest BCUT2D eigenvalue weighted by molar-refractivity contribution is 14.1. The summed E-state index contributed by atoms with van der Waals surface area (Å²) in [6, 6.07) is 8.39. The molecule has 66 valence electrons. The molecule has 0 radical (unpaired) electrons. The fourth-order valence-electron chi connectivity index (χ4n) is 0.999. The highest BCUT2D eigenvalue weighted by Crippen LogP contribution is 2.16. The molecule has 0 heterocycles. The fraction of sp³-hybridized carbons (Fsp3) is 0.400. The lowest BCUT2D eigenvalue weighted by Gasteiger charge is -2.22. The van der Waals surface area contributed by atoms with Crippen LogP contribution in [0.5, 0.6) is 0 Å². The van der Waals surface area contributed by atoms with Crippen molar-refractivity contribution in [3.63, 3.8) is 0 Å². The van der Waals surface area contributed by atoms with Crippen LogP contribution in [0.25, 0.3) is 0 Å². The molecule has 1 nitrogen and oxygen atoms in total. The third-order valence-corrected chi connectivity index (χ3v) is 2.01. The quantitative estimate of drug-likeness (QED) is 0.773. The van der Waals surface area contributed by atoms with Crippen LogP contribution in [0.1, 0.15) is 20.8 Å². The van der Waals surface area contributed by atoms with Crippen LogP contribution < -0.4 is 5.32 Å². The van der Waals surface area contributed by atoms with Gasteiger partial charge in [-0.25, -0.2) is 0 Å². The first kappa shape index (κ1) is 9.84. The molecule has 0 saturated heterocycles. The van der Waals surface area contributed by atoms with E-state index >= 15 is 0 Å². The van der Waals surface area contributed by atoms with Crippen LogP contribution in [0.2, 0.25) is 0 Å². The minimum Gasteiger partial charge on any atom is -0.380 e. The number of anilines is 1. The van der Waals surface area contributed by atoms with Crippen molar-refractivity contribution in [3.05, 3.63) is 27.8 Å². The molecule has 0 aliphatic rings. The van der Waals surface area contributed by atoms with Crippen LogP contribution in [0.3, 0.4) is 0 Å². The molecule has 1 aromatic rings. The summed E-state index contributed by atoms with van der Waals surface area (Å²) in [4.78, 5) is 0. The predicted molar refractivity (Wildman–Crippen MR) is 62.5 cm³/mol. The van der Waals surface area contributed by atoms with Crippen LogP contribution in [0.4, 0.5) is 5.69 Å². The average molecular weight is 275 g/mol. The van der Waals surface area contributed by atoms with E-state index in [1.54, 1.807) is 0 Å². The molecule has 0 aliphatic heterocycles. The zero-order chi connectivity index (χ0) is 9.19. The first-order valence-corrected chi connectivity index (χ1v) is 5.09. The van der Waals surface area contributed by atoms with Gasteiger partial charge in [0.25, 0.3) is 0 Å². The summed E-state index contributed by atoms with van der Waals surface area (Å²) in [5.74, 6) is 0. The highest BCUT2D eigenvalue weighted by atomic mass is 127. The molecule has 0 spiro atoms. The van der Waals surface area contributed by atoms with Crippen molar-refractivity contribution in [2.24, 2.45) is 0 Å². The molecule has 0 saturated carbocycles. The minimum absolute atomic E-state index is 0.143. The summed E-state index contributed by atoms with van der Waals surface area (Å²) < 4.78 is 1.27. The maximum atomic E-state index is 3.42. The van der Waals surface area contributed by atoms with E-state index in [4.69, 9.17) is 0 Å². The Morgan fingerprint density at radius 1 is 1.25 bits per heavy atom. The Kier molecular flexibility index (Phi) is 2.99. The first-order valence-electron chi connectivity index (χ1n) is 4.01. The van der Waals surface area contributed by atoms with E-state index < -0.39 is 0 Å². The molecular weight excluding hydrogens is 261 g/mol. The Morgan fingerprint density at radius 2 is 1.92 bits per heavy atom. The fourth-order valence-corrected chi connectivity index (χ4v) is 1.54. The number of nitrogens with one attached hydrogen (secondary N) is 1. The maximum Gasteiger partial charge on any atom is 0.0354 e. The number of rotatable bonds is 1. The van der Waals surface area contributed by atoms with Crippen molar-refractivity contribution in [1.82, 2.24) is 0 Å². The van der Waals surface area contributed by atoms with E-state index in [2.05, 4.69) is 72.9 Å². The number of hydrogen-bond donors (Lipinski definition) is 1. The second-order valence-corrected chi connectivity index (χ2v) is 5.13. The van der Waals surface area contributed by atoms with E-state index in [0.717, 1.165) is 0 Å². The van der Waals surface area contributed by atoms with Gasteiger partial charge >= 0.3 is 0 Å². The van der Waals surface area contributed by atoms with E-state index in [-0.39, 0.29) is 5.54 Å². The number of hydrogen-bond acceptors (Lipinski definition) is 1. The standard InChI is InChI=1S/C10H14IN/c1-10(2,3)12-9-6-4-5-8(11)7-9/h4-7,12H,1-3H3. The Morgan fingerprint density at radius 3 is 2.42 bits per heavy atom. The second kappa shape index (κ2) is 3.64. The van der Waals surface area contributed by atoms with Gasteiger partial charge in [-0.2, -0.15) is 0 Å². The molecule has 2 heteroatoms. The molecule has 12 heavy (non-hydrogen) atoms. The molecule has 1 aromatic carbocycles. The molecule has 0 aliphatic carbocycles. The maximum absolute atomic E-state index is 3.42. The summed E-state index contributed by atoms with van der Waals surface area (Å²) in [5.41, 5.74) is 1.33. The van der Waals surface area contributed by atoms with E-state index in [1.807, 2.05) is 0 Å². The normalized spacial score (nSPS) is 11.3. The Hall–Kier alpha value is -0.250. The summed E-state index contributed by atoms with van der Waals surface area (Å²) in [7, 11) is 0. The molecular formula is C10H14IN. The van der Waals surface area contributed by atoms with Crippen LogP contribution in [0.15, 0.2) is 24.3 Å². The first-order chi connectivity index (χ1) is 5.47. The Bertz CT molecular complexity index is 263. The van der Waals surface area contributed by atoms with Gasteiger partial charge in [-0.1, -0.05) is 6.07 Å². The van der Waals surface area contributed by atoms with Gasteiger partial charge in [0.05, 0.1) is 0 Å². The molecule has 0 bridgehead atoms. The zero-order valence-corrected chi connectivity index (χ0v) is 9.84. The molecule has 0 fully saturated rings.